The fraction of sp³-hybridized carbons (Fsp3) is 0.350. The van der Waals surface area contributed by atoms with E-state index in [4.69, 9.17) is 0 Å². The molecule has 1 aliphatic rings. The second-order valence-corrected chi connectivity index (χ2v) is 6.24. The molecule has 3 heteroatoms. The van der Waals surface area contributed by atoms with Crippen LogP contribution in [0.1, 0.15) is 23.2 Å². The first-order valence-corrected chi connectivity index (χ1v) is 8.37. The summed E-state index contributed by atoms with van der Waals surface area (Å²) in [5, 5.41) is 3.23. The number of carbonyl (C=O) groups excluding carboxylic acids is 1. The second-order valence-electron chi connectivity index (χ2n) is 6.24. The van der Waals surface area contributed by atoms with Crippen molar-refractivity contribution in [3.63, 3.8) is 0 Å². The van der Waals surface area contributed by atoms with Gasteiger partial charge in [-0.15, -0.1) is 0 Å². The molecule has 1 saturated heterocycles. The summed E-state index contributed by atoms with van der Waals surface area (Å²) in [5.74, 6) is 0.858. The van der Waals surface area contributed by atoms with Crippen molar-refractivity contribution in [2.45, 2.75) is 12.8 Å². The van der Waals surface area contributed by atoms with Gasteiger partial charge in [-0.25, -0.2) is 0 Å². The third-order valence-corrected chi connectivity index (χ3v) is 4.63. The van der Waals surface area contributed by atoms with Crippen LogP contribution in [0, 0.1) is 5.92 Å². The zero-order valence-electron chi connectivity index (χ0n) is 13.7. The number of benzene rings is 2. The zero-order chi connectivity index (χ0) is 16.1. The normalized spacial score (nSPS) is 15.6. The third-order valence-electron chi connectivity index (χ3n) is 4.63. The molecule has 2 aromatic rings. The number of nitrogens with one attached hydrogen (secondary N) is 1. The van der Waals surface area contributed by atoms with Crippen molar-refractivity contribution in [2.75, 3.05) is 26.7 Å². The van der Waals surface area contributed by atoms with Crippen LogP contribution in [0.4, 0.5) is 0 Å². The first kappa shape index (κ1) is 15.8. The molecular weight excluding hydrogens is 284 g/mol. The summed E-state index contributed by atoms with van der Waals surface area (Å²) in [5.41, 5.74) is 3.12. The number of nitrogens with zero attached hydrogens (tertiary/aromatic N) is 1. The van der Waals surface area contributed by atoms with Crippen LogP contribution in [0.15, 0.2) is 54.6 Å². The Kier molecular flexibility index (Phi) is 5.09. The van der Waals surface area contributed by atoms with Crippen molar-refractivity contribution in [2.24, 2.45) is 5.92 Å². The average molecular weight is 308 g/mol. The van der Waals surface area contributed by atoms with Gasteiger partial charge in [0.1, 0.15) is 0 Å². The smallest absolute Gasteiger partial charge is 0.253 e. The number of hydrogen-bond donors (Lipinski definition) is 1. The molecule has 1 fully saturated rings. The molecule has 0 aromatic heterocycles. The third kappa shape index (κ3) is 3.80. The Hall–Kier alpha value is -2.13. The zero-order valence-corrected chi connectivity index (χ0v) is 13.7. The van der Waals surface area contributed by atoms with Gasteiger partial charge in [0.15, 0.2) is 0 Å². The Morgan fingerprint density at radius 3 is 2.22 bits per heavy atom. The van der Waals surface area contributed by atoms with E-state index in [0.717, 1.165) is 43.6 Å². The molecule has 120 valence electrons. The van der Waals surface area contributed by atoms with E-state index in [1.54, 1.807) is 0 Å². The van der Waals surface area contributed by atoms with E-state index in [-0.39, 0.29) is 5.91 Å². The lowest BCUT2D eigenvalue weighted by Crippen LogP contribution is -2.40. The molecule has 1 amide bonds. The lowest BCUT2D eigenvalue weighted by molar-refractivity contribution is 0.0691. The Balaban J connectivity index is 1.64. The molecule has 1 N–H and O–H groups in total. The van der Waals surface area contributed by atoms with Gasteiger partial charge in [0, 0.05) is 18.7 Å². The summed E-state index contributed by atoms with van der Waals surface area (Å²) in [6, 6.07) is 18.2. The maximum atomic E-state index is 12.6. The lowest BCUT2D eigenvalue weighted by Gasteiger charge is -2.32. The number of rotatable bonds is 4. The molecule has 3 nitrogen and oxygen atoms in total. The largest absolute Gasteiger partial charge is 0.339 e. The number of piperidine rings is 1. The van der Waals surface area contributed by atoms with Crippen LogP contribution >= 0.6 is 0 Å². The fourth-order valence-corrected chi connectivity index (χ4v) is 3.25. The van der Waals surface area contributed by atoms with Crippen LogP contribution in [0.5, 0.6) is 0 Å². The van der Waals surface area contributed by atoms with E-state index in [1.807, 2.05) is 54.4 Å². The molecule has 0 bridgehead atoms. The Morgan fingerprint density at radius 2 is 1.61 bits per heavy atom. The van der Waals surface area contributed by atoms with Crippen LogP contribution in [-0.2, 0) is 0 Å². The number of likely N-dealkylation sites (tertiary alicyclic amines) is 1. The molecule has 23 heavy (non-hydrogen) atoms. The molecule has 3 rings (SSSR count). The van der Waals surface area contributed by atoms with Crippen LogP contribution < -0.4 is 5.32 Å². The molecule has 0 saturated carbocycles. The van der Waals surface area contributed by atoms with Gasteiger partial charge in [-0.3, -0.25) is 4.79 Å². The van der Waals surface area contributed by atoms with Crippen molar-refractivity contribution in [1.82, 2.24) is 10.2 Å². The van der Waals surface area contributed by atoms with Crippen molar-refractivity contribution in [1.29, 1.82) is 0 Å². The lowest BCUT2D eigenvalue weighted by atomic mass is 9.96. The van der Waals surface area contributed by atoms with E-state index in [1.165, 1.54) is 5.56 Å². The standard InChI is InChI=1S/C20H24N2O/c1-21-15-16-11-13-22(14-12-16)20(23)19-9-7-18(8-10-19)17-5-3-2-4-6-17/h2-10,16,21H,11-15H2,1H3. The minimum absolute atomic E-state index is 0.160. The predicted octanol–water partition coefficient (Wildman–Crippen LogP) is 3.43. The molecule has 1 aliphatic heterocycles. The quantitative estimate of drug-likeness (QED) is 0.938. The van der Waals surface area contributed by atoms with E-state index >= 15 is 0 Å². The van der Waals surface area contributed by atoms with E-state index in [9.17, 15) is 4.79 Å². The van der Waals surface area contributed by atoms with Crippen molar-refractivity contribution in [3.05, 3.63) is 60.2 Å². The maximum absolute atomic E-state index is 12.6. The molecule has 0 unspecified atom stereocenters. The van der Waals surface area contributed by atoms with Crippen molar-refractivity contribution >= 4 is 5.91 Å². The van der Waals surface area contributed by atoms with Gasteiger partial charge in [0.05, 0.1) is 0 Å². The second kappa shape index (κ2) is 7.42. The fourth-order valence-electron chi connectivity index (χ4n) is 3.25. The molecule has 0 atom stereocenters. The summed E-state index contributed by atoms with van der Waals surface area (Å²) >= 11 is 0. The van der Waals surface area contributed by atoms with Crippen LogP contribution in [0.2, 0.25) is 0 Å². The number of amides is 1. The highest BCUT2D eigenvalue weighted by Crippen LogP contribution is 2.22. The molecule has 0 spiro atoms. The van der Waals surface area contributed by atoms with Crippen LogP contribution in [0.25, 0.3) is 11.1 Å². The summed E-state index contributed by atoms with van der Waals surface area (Å²) in [6.45, 7) is 2.78. The van der Waals surface area contributed by atoms with Gasteiger partial charge < -0.3 is 10.2 Å². The number of carbonyl (C=O) groups is 1. The van der Waals surface area contributed by atoms with Gasteiger partial charge in [0.25, 0.3) is 5.91 Å². The molecular formula is C20H24N2O. The topological polar surface area (TPSA) is 32.3 Å². The number of hydrogen-bond acceptors (Lipinski definition) is 2. The van der Waals surface area contributed by atoms with E-state index in [2.05, 4.69) is 17.4 Å². The summed E-state index contributed by atoms with van der Waals surface area (Å²) in [4.78, 5) is 14.6. The maximum Gasteiger partial charge on any atom is 0.253 e. The van der Waals surface area contributed by atoms with E-state index < -0.39 is 0 Å². The Labute approximate surface area is 138 Å². The van der Waals surface area contributed by atoms with Gasteiger partial charge in [-0.1, -0.05) is 42.5 Å². The van der Waals surface area contributed by atoms with Gasteiger partial charge in [0.2, 0.25) is 0 Å². The molecule has 0 aliphatic carbocycles. The monoisotopic (exact) mass is 308 g/mol. The summed E-state index contributed by atoms with van der Waals surface area (Å²) in [6.07, 6.45) is 2.18. The SMILES string of the molecule is CNCC1CCN(C(=O)c2ccc(-c3ccccc3)cc2)CC1. The Bertz CT molecular complexity index is 628. The van der Waals surface area contributed by atoms with Gasteiger partial charge in [-0.05, 0) is 55.6 Å². The van der Waals surface area contributed by atoms with Crippen LogP contribution in [-0.4, -0.2) is 37.5 Å². The molecule has 2 aromatic carbocycles. The summed E-state index contributed by atoms with van der Waals surface area (Å²) < 4.78 is 0. The minimum atomic E-state index is 0.160. The average Bonchev–Trinajstić information content (AvgIpc) is 2.63. The van der Waals surface area contributed by atoms with Crippen LogP contribution in [0.3, 0.4) is 0 Å². The Morgan fingerprint density at radius 1 is 1.00 bits per heavy atom. The predicted molar refractivity (Wildman–Crippen MR) is 94.4 cm³/mol. The first-order chi connectivity index (χ1) is 11.3. The first-order valence-electron chi connectivity index (χ1n) is 8.37. The highest BCUT2D eigenvalue weighted by molar-refractivity contribution is 5.94. The van der Waals surface area contributed by atoms with Crippen molar-refractivity contribution < 1.29 is 4.79 Å². The summed E-state index contributed by atoms with van der Waals surface area (Å²) in [7, 11) is 1.99. The highest BCUT2D eigenvalue weighted by atomic mass is 16.2. The van der Waals surface area contributed by atoms with Gasteiger partial charge in [-0.2, -0.15) is 0 Å². The minimum Gasteiger partial charge on any atom is -0.339 e. The molecule has 0 radical (unpaired) electrons. The van der Waals surface area contributed by atoms with Crippen molar-refractivity contribution in [3.8, 4) is 11.1 Å². The molecule has 1 heterocycles. The van der Waals surface area contributed by atoms with Gasteiger partial charge >= 0.3 is 0 Å². The highest BCUT2D eigenvalue weighted by Gasteiger charge is 2.23. The van der Waals surface area contributed by atoms with E-state index in [0.29, 0.717) is 5.92 Å².